The van der Waals surface area contributed by atoms with Gasteiger partial charge in [0.15, 0.2) is 10.8 Å². The first-order valence-corrected chi connectivity index (χ1v) is 9.96. The molecule has 2 aromatic rings. The molecule has 0 atom stereocenters. The molecule has 0 aliphatic heterocycles. The molecular formula is C17H28N6O2S. The van der Waals surface area contributed by atoms with Crippen LogP contribution in [0.1, 0.15) is 27.7 Å². The molecule has 0 saturated carbocycles. The second kappa shape index (κ2) is 9.18. The fraction of sp³-hybridized carbons (Fsp3) is 0.647. The number of amides is 1. The fourth-order valence-corrected chi connectivity index (χ4v) is 2.61. The van der Waals surface area contributed by atoms with Crippen molar-refractivity contribution in [1.82, 2.24) is 25.1 Å². The van der Waals surface area contributed by atoms with Gasteiger partial charge in [-0.1, -0.05) is 32.5 Å². The van der Waals surface area contributed by atoms with Crippen molar-refractivity contribution in [2.24, 2.45) is 5.41 Å². The number of fused-ring (bicyclic) bond motifs is 1. The number of ether oxygens (including phenoxy) is 1. The van der Waals surface area contributed by atoms with Crippen LogP contribution in [-0.4, -0.2) is 58.2 Å². The summed E-state index contributed by atoms with van der Waals surface area (Å²) in [5.74, 6) is 0.774. The molecule has 1 amide bonds. The number of rotatable bonds is 9. The number of nitrogens with zero attached hydrogens (tertiary/aromatic N) is 4. The third kappa shape index (κ3) is 5.31. The van der Waals surface area contributed by atoms with E-state index in [2.05, 4.69) is 25.7 Å². The average molecular weight is 381 g/mol. The summed E-state index contributed by atoms with van der Waals surface area (Å²) >= 11 is 1.48. The smallest absolute Gasteiger partial charge is 0.225 e. The maximum Gasteiger partial charge on any atom is 0.225 e. The molecule has 26 heavy (non-hydrogen) atoms. The van der Waals surface area contributed by atoms with Crippen molar-refractivity contribution in [3.63, 3.8) is 0 Å². The number of hydrogen-bond donors (Lipinski definition) is 2. The third-order valence-electron chi connectivity index (χ3n) is 3.69. The van der Waals surface area contributed by atoms with Crippen LogP contribution in [0, 0.1) is 5.41 Å². The van der Waals surface area contributed by atoms with Gasteiger partial charge in [0.2, 0.25) is 5.91 Å². The SMILES string of the molecule is CCOCCNc1nc(SC)nc2c1cnn2CCNC(=O)C(C)(C)C. The highest BCUT2D eigenvalue weighted by Gasteiger charge is 2.20. The lowest BCUT2D eigenvalue weighted by atomic mass is 9.96. The summed E-state index contributed by atoms with van der Waals surface area (Å²) in [5.41, 5.74) is 0.353. The van der Waals surface area contributed by atoms with Crippen LogP contribution in [0.15, 0.2) is 11.4 Å². The van der Waals surface area contributed by atoms with Crippen molar-refractivity contribution in [2.75, 3.05) is 37.9 Å². The summed E-state index contributed by atoms with van der Waals surface area (Å²) in [6.07, 6.45) is 3.70. The number of carbonyl (C=O) groups excluding carboxylic acids is 1. The predicted octanol–water partition coefficient (Wildman–Crippen LogP) is 2.16. The Bertz CT molecular complexity index is 741. The zero-order chi connectivity index (χ0) is 19.2. The van der Waals surface area contributed by atoms with E-state index < -0.39 is 5.41 Å². The van der Waals surface area contributed by atoms with E-state index in [9.17, 15) is 4.79 Å². The molecule has 2 aromatic heterocycles. The Morgan fingerprint density at radius 3 is 2.73 bits per heavy atom. The lowest BCUT2D eigenvalue weighted by Crippen LogP contribution is -2.36. The third-order valence-corrected chi connectivity index (χ3v) is 4.24. The summed E-state index contributed by atoms with van der Waals surface area (Å²) in [4.78, 5) is 21.1. The predicted molar refractivity (Wildman–Crippen MR) is 105 cm³/mol. The molecule has 2 heterocycles. The highest BCUT2D eigenvalue weighted by atomic mass is 32.2. The summed E-state index contributed by atoms with van der Waals surface area (Å²) in [5, 5.41) is 12.2. The van der Waals surface area contributed by atoms with Gasteiger partial charge in [-0.15, -0.1) is 0 Å². The monoisotopic (exact) mass is 380 g/mol. The zero-order valence-corrected chi connectivity index (χ0v) is 16.9. The van der Waals surface area contributed by atoms with Crippen LogP contribution in [-0.2, 0) is 16.1 Å². The minimum Gasteiger partial charge on any atom is -0.380 e. The Labute approximate surface area is 158 Å². The van der Waals surface area contributed by atoms with Crippen molar-refractivity contribution in [2.45, 2.75) is 39.4 Å². The number of hydrogen-bond acceptors (Lipinski definition) is 7. The topological polar surface area (TPSA) is 94.0 Å². The second-order valence-electron chi connectivity index (χ2n) is 6.79. The van der Waals surface area contributed by atoms with E-state index in [1.807, 2.05) is 34.0 Å². The molecule has 2 N–H and O–H groups in total. The van der Waals surface area contributed by atoms with Crippen molar-refractivity contribution in [1.29, 1.82) is 0 Å². The summed E-state index contributed by atoms with van der Waals surface area (Å²) in [7, 11) is 0. The van der Waals surface area contributed by atoms with Gasteiger partial charge in [0, 0.05) is 25.1 Å². The summed E-state index contributed by atoms with van der Waals surface area (Å²) in [6, 6.07) is 0. The van der Waals surface area contributed by atoms with Crippen molar-refractivity contribution in [3.8, 4) is 0 Å². The number of nitrogens with one attached hydrogen (secondary N) is 2. The minimum absolute atomic E-state index is 0.0201. The number of aromatic nitrogens is 4. The fourth-order valence-electron chi connectivity index (χ4n) is 2.25. The molecule has 9 heteroatoms. The van der Waals surface area contributed by atoms with Crippen LogP contribution in [0.4, 0.5) is 5.82 Å². The van der Waals surface area contributed by atoms with Crippen LogP contribution in [0.3, 0.4) is 0 Å². The Hall–Kier alpha value is -1.87. The van der Waals surface area contributed by atoms with Gasteiger partial charge in [-0.05, 0) is 13.2 Å². The number of thioether (sulfide) groups is 1. The molecule has 0 radical (unpaired) electrons. The lowest BCUT2D eigenvalue weighted by Gasteiger charge is -2.17. The van der Waals surface area contributed by atoms with Gasteiger partial charge in [0.25, 0.3) is 0 Å². The summed E-state index contributed by atoms with van der Waals surface area (Å²) < 4.78 is 7.16. The normalized spacial score (nSPS) is 11.7. The Kier molecular flexibility index (Phi) is 7.22. The quantitative estimate of drug-likeness (QED) is 0.391. The van der Waals surface area contributed by atoms with Gasteiger partial charge in [0.05, 0.1) is 24.7 Å². The van der Waals surface area contributed by atoms with Gasteiger partial charge in [0.1, 0.15) is 5.82 Å². The Balaban J connectivity index is 2.12. The lowest BCUT2D eigenvalue weighted by molar-refractivity contribution is -0.128. The molecular weight excluding hydrogens is 352 g/mol. The van der Waals surface area contributed by atoms with Crippen molar-refractivity contribution < 1.29 is 9.53 Å². The van der Waals surface area contributed by atoms with E-state index in [4.69, 9.17) is 4.74 Å². The highest BCUT2D eigenvalue weighted by Crippen LogP contribution is 2.23. The Morgan fingerprint density at radius 1 is 1.31 bits per heavy atom. The standard InChI is InChI=1S/C17H28N6O2S/c1-6-25-10-8-18-13-12-11-20-23(14(12)22-16(21-13)26-5)9-7-19-15(24)17(2,3)4/h11H,6-10H2,1-5H3,(H,19,24)(H,18,21,22). The maximum absolute atomic E-state index is 12.0. The van der Waals surface area contributed by atoms with Crippen LogP contribution >= 0.6 is 11.8 Å². The molecule has 0 aliphatic rings. The maximum atomic E-state index is 12.0. The van der Waals surface area contributed by atoms with E-state index in [1.54, 1.807) is 10.9 Å². The Morgan fingerprint density at radius 2 is 2.08 bits per heavy atom. The van der Waals surface area contributed by atoms with Gasteiger partial charge in [-0.3, -0.25) is 4.79 Å². The van der Waals surface area contributed by atoms with Gasteiger partial charge in [-0.25, -0.2) is 14.6 Å². The average Bonchev–Trinajstić information content (AvgIpc) is 3.00. The number of anilines is 1. The van der Waals surface area contributed by atoms with Gasteiger partial charge < -0.3 is 15.4 Å². The van der Waals surface area contributed by atoms with E-state index in [-0.39, 0.29) is 5.91 Å². The van der Waals surface area contributed by atoms with E-state index >= 15 is 0 Å². The second-order valence-corrected chi connectivity index (χ2v) is 7.57. The van der Waals surface area contributed by atoms with Crippen LogP contribution in [0.25, 0.3) is 11.0 Å². The number of carbonyl (C=O) groups is 1. The molecule has 0 aromatic carbocycles. The van der Waals surface area contributed by atoms with Crippen LogP contribution in [0.5, 0.6) is 0 Å². The molecule has 0 unspecified atom stereocenters. The van der Waals surface area contributed by atoms with E-state index in [1.165, 1.54) is 11.8 Å². The largest absolute Gasteiger partial charge is 0.380 e. The van der Waals surface area contributed by atoms with Crippen molar-refractivity contribution in [3.05, 3.63) is 6.20 Å². The van der Waals surface area contributed by atoms with E-state index in [0.29, 0.717) is 38.0 Å². The first kappa shape index (κ1) is 20.4. The van der Waals surface area contributed by atoms with E-state index in [0.717, 1.165) is 16.9 Å². The molecule has 2 rings (SSSR count). The molecule has 0 aliphatic carbocycles. The molecule has 0 fully saturated rings. The molecule has 8 nitrogen and oxygen atoms in total. The van der Waals surface area contributed by atoms with Crippen LogP contribution in [0.2, 0.25) is 0 Å². The molecule has 0 bridgehead atoms. The first-order valence-electron chi connectivity index (χ1n) is 8.74. The van der Waals surface area contributed by atoms with Gasteiger partial charge in [-0.2, -0.15) is 5.10 Å². The van der Waals surface area contributed by atoms with Gasteiger partial charge >= 0.3 is 0 Å². The molecule has 144 valence electrons. The summed E-state index contributed by atoms with van der Waals surface area (Å²) in [6.45, 7) is 10.7. The molecule has 0 spiro atoms. The highest BCUT2D eigenvalue weighted by molar-refractivity contribution is 7.98. The van der Waals surface area contributed by atoms with Crippen LogP contribution < -0.4 is 10.6 Å². The molecule has 0 saturated heterocycles. The van der Waals surface area contributed by atoms with Crippen molar-refractivity contribution >= 4 is 34.5 Å². The zero-order valence-electron chi connectivity index (χ0n) is 16.1. The first-order chi connectivity index (χ1) is 12.4. The minimum atomic E-state index is -0.405.